The minimum Gasteiger partial charge on any atom is -0.396 e. The van der Waals surface area contributed by atoms with Crippen LogP contribution in [0, 0.1) is 5.41 Å². The third-order valence-corrected chi connectivity index (χ3v) is 3.11. The van der Waals surface area contributed by atoms with E-state index in [0.29, 0.717) is 5.41 Å². The highest BCUT2D eigenvalue weighted by atomic mass is 16.2. The molecule has 1 aromatic carbocycles. The van der Waals surface area contributed by atoms with Gasteiger partial charge in [0.15, 0.2) is 0 Å². The van der Waals surface area contributed by atoms with Crippen LogP contribution in [-0.2, 0) is 11.8 Å². The minimum absolute atomic E-state index is 0.204. The van der Waals surface area contributed by atoms with Gasteiger partial charge >= 0.3 is 0 Å². The van der Waals surface area contributed by atoms with Crippen LogP contribution in [0.15, 0.2) is 24.3 Å². The molecule has 17 heavy (non-hydrogen) atoms. The first-order valence-corrected chi connectivity index (χ1v) is 6.45. The van der Waals surface area contributed by atoms with Gasteiger partial charge in [-0.1, -0.05) is 58.9 Å². The summed E-state index contributed by atoms with van der Waals surface area (Å²) in [6, 6.07) is 8.68. The fourth-order valence-electron chi connectivity index (χ4n) is 2.68. The predicted molar refractivity (Wildman–Crippen MR) is 74.3 cm³/mol. The second-order valence-electron chi connectivity index (χ2n) is 6.79. The molecule has 1 heteroatoms. The van der Waals surface area contributed by atoms with E-state index in [1.807, 2.05) is 0 Å². The Kier molecular flexibility index (Phi) is 4.37. The number of hydrogen-bond acceptors (Lipinski definition) is 1. The Morgan fingerprint density at radius 2 is 1.47 bits per heavy atom. The van der Waals surface area contributed by atoms with Crippen molar-refractivity contribution in [3.63, 3.8) is 0 Å². The Hall–Kier alpha value is -0.820. The number of hydrogen-bond donors (Lipinski definition) is 1. The smallest absolute Gasteiger partial charge is 0.0471 e. The van der Waals surface area contributed by atoms with Crippen molar-refractivity contribution in [3.8, 4) is 0 Å². The minimum atomic E-state index is 0.204. The SMILES string of the molecule is CC(C)(C)CC(C)(C)c1ccc(CCO)cc1. The molecule has 0 saturated heterocycles. The van der Waals surface area contributed by atoms with Crippen molar-refractivity contribution in [2.45, 2.75) is 52.9 Å². The van der Waals surface area contributed by atoms with E-state index < -0.39 is 0 Å². The van der Waals surface area contributed by atoms with Gasteiger partial charge in [-0.3, -0.25) is 0 Å². The summed E-state index contributed by atoms with van der Waals surface area (Å²) in [6.07, 6.45) is 1.92. The average molecular weight is 234 g/mol. The molecule has 0 spiro atoms. The highest BCUT2D eigenvalue weighted by Crippen LogP contribution is 2.36. The molecule has 1 rings (SSSR count). The van der Waals surface area contributed by atoms with Gasteiger partial charge in [0, 0.05) is 6.61 Å². The third kappa shape index (κ3) is 4.51. The lowest BCUT2D eigenvalue weighted by atomic mass is 9.72. The monoisotopic (exact) mass is 234 g/mol. The summed E-state index contributed by atoms with van der Waals surface area (Å²) in [5, 5.41) is 8.90. The molecule has 0 aromatic heterocycles. The molecule has 0 aliphatic heterocycles. The molecule has 1 aromatic rings. The average Bonchev–Trinajstić information content (AvgIpc) is 2.15. The Morgan fingerprint density at radius 3 is 1.88 bits per heavy atom. The normalized spacial score (nSPS) is 12.8. The fraction of sp³-hybridized carbons (Fsp3) is 0.625. The molecule has 0 saturated carbocycles. The fourth-order valence-corrected chi connectivity index (χ4v) is 2.68. The van der Waals surface area contributed by atoms with E-state index in [2.05, 4.69) is 58.9 Å². The molecule has 0 bridgehead atoms. The third-order valence-electron chi connectivity index (χ3n) is 3.11. The molecule has 0 amide bonds. The van der Waals surface area contributed by atoms with Gasteiger partial charge in [-0.05, 0) is 34.8 Å². The highest BCUT2D eigenvalue weighted by molar-refractivity contribution is 5.28. The molecular formula is C16H26O. The molecule has 0 aliphatic rings. The van der Waals surface area contributed by atoms with Gasteiger partial charge in [-0.2, -0.15) is 0 Å². The summed E-state index contributed by atoms with van der Waals surface area (Å²) in [7, 11) is 0. The van der Waals surface area contributed by atoms with Gasteiger partial charge in [-0.25, -0.2) is 0 Å². The molecule has 0 fully saturated rings. The van der Waals surface area contributed by atoms with E-state index in [1.54, 1.807) is 0 Å². The van der Waals surface area contributed by atoms with Crippen LogP contribution in [0.1, 0.15) is 52.2 Å². The second-order valence-corrected chi connectivity index (χ2v) is 6.79. The van der Waals surface area contributed by atoms with Gasteiger partial charge in [0.05, 0.1) is 0 Å². The first-order chi connectivity index (χ1) is 7.74. The quantitative estimate of drug-likeness (QED) is 0.836. The second kappa shape index (κ2) is 5.22. The van der Waals surface area contributed by atoms with Gasteiger partial charge < -0.3 is 5.11 Å². The van der Waals surface area contributed by atoms with Crippen molar-refractivity contribution in [1.29, 1.82) is 0 Å². The number of aliphatic hydroxyl groups excluding tert-OH is 1. The van der Waals surface area contributed by atoms with Crippen molar-refractivity contribution in [2.75, 3.05) is 6.61 Å². The van der Waals surface area contributed by atoms with Gasteiger partial charge in [0.2, 0.25) is 0 Å². The van der Waals surface area contributed by atoms with Crippen LogP contribution in [0.3, 0.4) is 0 Å². The van der Waals surface area contributed by atoms with Crippen molar-refractivity contribution >= 4 is 0 Å². The molecule has 0 aliphatic carbocycles. The maximum absolute atomic E-state index is 8.90. The van der Waals surface area contributed by atoms with Crippen molar-refractivity contribution in [1.82, 2.24) is 0 Å². The Balaban J connectivity index is 2.84. The van der Waals surface area contributed by atoms with Crippen LogP contribution in [0.4, 0.5) is 0 Å². The summed E-state index contributed by atoms with van der Waals surface area (Å²) < 4.78 is 0. The number of aliphatic hydroxyl groups is 1. The number of rotatable bonds is 4. The maximum Gasteiger partial charge on any atom is 0.0471 e. The Labute approximate surface area is 106 Å². The van der Waals surface area contributed by atoms with E-state index in [0.717, 1.165) is 6.42 Å². The summed E-state index contributed by atoms with van der Waals surface area (Å²) in [5.41, 5.74) is 3.14. The molecule has 0 atom stereocenters. The first-order valence-electron chi connectivity index (χ1n) is 6.45. The van der Waals surface area contributed by atoms with E-state index in [-0.39, 0.29) is 12.0 Å². The molecule has 0 heterocycles. The Morgan fingerprint density at radius 1 is 0.941 bits per heavy atom. The number of benzene rings is 1. The zero-order chi connectivity index (χ0) is 13.1. The summed E-state index contributed by atoms with van der Waals surface area (Å²) >= 11 is 0. The molecule has 0 unspecified atom stereocenters. The van der Waals surface area contributed by atoms with Crippen LogP contribution >= 0.6 is 0 Å². The van der Waals surface area contributed by atoms with Crippen LogP contribution in [-0.4, -0.2) is 11.7 Å². The van der Waals surface area contributed by atoms with Crippen LogP contribution in [0.2, 0.25) is 0 Å². The van der Waals surface area contributed by atoms with Gasteiger partial charge in [-0.15, -0.1) is 0 Å². The van der Waals surface area contributed by atoms with Gasteiger partial charge in [0.25, 0.3) is 0 Å². The van der Waals surface area contributed by atoms with Crippen molar-refractivity contribution < 1.29 is 5.11 Å². The van der Waals surface area contributed by atoms with Crippen molar-refractivity contribution in [3.05, 3.63) is 35.4 Å². The van der Waals surface area contributed by atoms with E-state index in [1.165, 1.54) is 17.5 Å². The Bertz CT molecular complexity index is 341. The molecule has 1 N–H and O–H groups in total. The van der Waals surface area contributed by atoms with Gasteiger partial charge in [0.1, 0.15) is 0 Å². The largest absolute Gasteiger partial charge is 0.396 e. The maximum atomic E-state index is 8.90. The van der Waals surface area contributed by atoms with Crippen LogP contribution < -0.4 is 0 Å². The lowest BCUT2D eigenvalue weighted by Crippen LogP contribution is -2.24. The molecular weight excluding hydrogens is 208 g/mol. The zero-order valence-electron chi connectivity index (χ0n) is 11.9. The van der Waals surface area contributed by atoms with Crippen LogP contribution in [0.5, 0.6) is 0 Å². The van der Waals surface area contributed by atoms with E-state index in [4.69, 9.17) is 5.11 Å². The zero-order valence-corrected chi connectivity index (χ0v) is 11.9. The standard InChI is InChI=1S/C16H26O/c1-15(2,3)12-16(4,5)14-8-6-13(7-9-14)10-11-17/h6-9,17H,10-12H2,1-5H3. The predicted octanol–water partition coefficient (Wildman–Crippen LogP) is 3.94. The van der Waals surface area contributed by atoms with E-state index in [9.17, 15) is 0 Å². The summed E-state index contributed by atoms with van der Waals surface area (Å²) in [4.78, 5) is 0. The topological polar surface area (TPSA) is 20.2 Å². The molecule has 0 radical (unpaired) electrons. The first kappa shape index (κ1) is 14.2. The lowest BCUT2D eigenvalue weighted by molar-refractivity contribution is 0.284. The summed E-state index contributed by atoms with van der Waals surface area (Å²) in [6.45, 7) is 11.7. The summed E-state index contributed by atoms with van der Waals surface area (Å²) in [5.74, 6) is 0. The van der Waals surface area contributed by atoms with Crippen LogP contribution in [0.25, 0.3) is 0 Å². The van der Waals surface area contributed by atoms with Crippen molar-refractivity contribution in [2.24, 2.45) is 5.41 Å². The lowest BCUT2D eigenvalue weighted by Gasteiger charge is -2.33. The molecule has 96 valence electrons. The highest BCUT2D eigenvalue weighted by Gasteiger charge is 2.26. The van der Waals surface area contributed by atoms with E-state index >= 15 is 0 Å². The molecule has 1 nitrogen and oxygen atoms in total.